The summed E-state index contributed by atoms with van der Waals surface area (Å²) in [7, 11) is 1.87. The van der Waals surface area contributed by atoms with Gasteiger partial charge in [0.2, 0.25) is 0 Å². The fraction of sp³-hybridized carbons (Fsp3) is 0.944. The van der Waals surface area contributed by atoms with Gasteiger partial charge in [0.15, 0.2) is 5.96 Å². The molecule has 2 saturated heterocycles. The van der Waals surface area contributed by atoms with Crippen LogP contribution in [0.4, 0.5) is 0 Å². The average Bonchev–Trinajstić information content (AvgIpc) is 2.59. The zero-order valence-corrected chi connectivity index (χ0v) is 15.5. The second-order valence-electron chi connectivity index (χ2n) is 7.38. The molecule has 0 amide bonds. The molecular formula is C18H37N5. The zero-order chi connectivity index (χ0) is 16.5. The highest BCUT2D eigenvalue weighted by Crippen LogP contribution is 2.17. The van der Waals surface area contributed by atoms with Gasteiger partial charge in [-0.2, -0.15) is 0 Å². The summed E-state index contributed by atoms with van der Waals surface area (Å²) in [6.45, 7) is 12.8. The Kier molecular flexibility index (Phi) is 8.17. The van der Waals surface area contributed by atoms with Crippen LogP contribution in [-0.2, 0) is 0 Å². The molecule has 1 atom stereocenters. The number of likely N-dealkylation sites (tertiary alicyclic amines) is 2. The largest absolute Gasteiger partial charge is 0.356 e. The van der Waals surface area contributed by atoms with Crippen molar-refractivity contribution in [2.45, 2.75) is 52.0 Å². The van der Waals surface area contributed by atoms with Crippen LogP contribution in [0.15, 0.2) is 4.99 Å². The fourth-order valence-electron chi connectivity index (χ4n) is 3.71. The van der Waals surface area contributed by atoms with Crippen molar-refractivity contribution in [3.8, 4) is 0 Å². The predicted molar refractivity (Wildman–Crippen MR) is 99.1 cm³/mol. The quantitative estimate of drug-likeness (QED) is 0.577. The van der Waals surface area contributed by atoms with E-state index in [0.717, 1.165) is 31.5 Å². The normalized spacial score (nSPS) is 24.9. The van der Waals surface area contributed by atoms with Crippen molar-refractivity contribution in [1.29, 1.82) is 0 Å². The lowest BCUT2D eigenvalue weighted by atomic mass is 9.97. The second kappa shape index (κ2) is 10.1. The molecule has 0 saturated carbocycles. The second-order valence-corrected chi connectivity index (χ2v) is 7.38. The predicted octanol–water partition coefficient (Wildman–Crippen LogP) is 1.76. The molecule has 5 nitrogen and oxygen atoms in total. The zero-order valence-electron chi connectivity index (χ0n) is 15.5. The Morgan fingerprint density at radius 3 is 2.57 bits per heavy atom. The summed E-state index contributed by atoms with van der Waals surface area (Å²) in [4.78, 5) is 9.53. The van der Waals surface area contributed by atoms with Crippen LogP contribution in [0.1, 0.15) is 46.0 Å². The highest BCUT2D eigenvalue weighted by molar-refractivity contribution is 5.79. The van der Waals surface area contributed by atoms with Crippen molar-refractivity contribution in [2.75, 3.05) is 52.9 Å². The first kappa shape index (κ1) is 18.5. The van der Waals surface area contributed by atoms with E-state index in [-0.39, 0.29) is 0 Å². The summed E-state index contributed by atoms with van der Waals surface area (Å²) < 4.78 is 0. The molecule has 134 valence electrons. The summed E-state index contributed by atoms with van der Waals surface area (Å²) in [5.41, 5.74) is 0. The molecule has 2 aliphatic heterocycles. The lowest BCUT2D eigenvalue weighted by Crippen LogP contribution is -2.47. The molecule has 0 aliphatic carbocycles. The highest BCUT2D eigenvalue weighted by Gasteiger charge is 2.21. The van der Waals surface area contributed by atoms with Crippen LogP contribution < -0.4 is 10.6 Å². The van der Waals surface area contributed by atoms with Crippen molar-refractivity contribution >= 4 is 5.96 Å². The van der Waals surface area contributed by atoms with Crippen LogP contribution >= 0.6 is 0 Å². The number of guanidine groups is 1. The number of rotatable bonds is 6. The van der Waals surface area contributed by atoms with Crippen LogP contribution in [0, 0.1) is 5.92 Å². The van der Waals surface area contributed by atoms with Gasteiger partial charge in [0.25, 0.3) is 0 Å². The van der Waals surface area contributed by atoms with Crippen molar-refractivity contribution in [1.82, 2.24) is 20.4 Å². The minimum atomic E-state index is 0.666. The number of hydrogen-bond donors (Lipinski definition) is 2. The maximum atomic E-state index is 4.37. The van der Waals surface area contributed by atoms with Gasteiger partial charge in [-0.05, 0) is 65.1 Å². The van der Waals surface area contributed by atoms with Crippen LogP contribution in [0.3, 0.4) is 0 Å². The molecule has 0 aromatic carbocycles. The Morgan fingerprint density at radius 2 is 1.87 bits per heavy atom. The minimum Gasteiger partial charge on any atom is -0.356 e. The smallest absolute Gasteiger partial charge is 0.191 e. The lowest BCUT2D eigenvalue weighted by molar-refractivity contribution is 0.141. The van der Waals surface area contributed by atoms with E-state index in [4.69, 9.17) is 0 Å². The van der Waals surface area contributed by atoms with Gasteiger partial charge in [0, 0.05) is 39.3 Å². The third kappa shape index (κ3) is 6.68. The first-order valence-electron chi connectivity index (χ1n) is 9.60. The molecule has 1 unspecified atom stereocenters. The van der Waals surface area contributed by atoms with Crippen molar-refractivity contribution < 1.29 is 0 Å². The maximum absolute atomic E-state index is 4.37. The molecule has 2 fully saturated rings. The molecule has 2 N–H and O–H groups in total. The molecule has 0 bridgehead atoms. The van der Waals surface area contributed by atoms with E-state index in [2.05, 4.69) is 39.3 Å². The topological polar surface area (TPSA) is 42.9 Å². The molecule has 5 heteroatoms. The molecule has 2 aliphatic rings. The van der Waals surface area contributed by atoms with Gasteiger partial charge in [-0.3, -0.25) is 4.99 Å². The Labute approximate surface area is 142 Å². The number of hydrogen-bond acceptors (Lipinski definition) is 3. The van der Waals surface area contributed by atoms with E-state index in [9.17, 15) is 0 Å². The Balaban J connectivity index is 1.62. The van der Waals surface area contributed by atoms with Crippen LogP contribution in [0.5, 0.6) is 0 Å². The number of nitrogens with one attached hydrogen (secondary N) is 2. The van der Waals surface area contributed by atoms with Gasteiger partial charge in [-0.25, -0.2) is 0 Å². The van der Waals surface area contributed by atoms with Gasteiger partial charge in [-0.15, -0.1) is 0 Å². The van der Waals surface area contributed by atoms with E-state index in [1.54, 1.807) is 0 Å². The van der Waals surface area contributed by atoms with E-state index in [1.165, 1.54) is 58.3 Å². The Morgan fingerprint density at radius 1 is 1.09 bits per heavy atom. The van der Waals surface area contributed by atoms with Crippen LogP contribution in [-0.4, -0.2) is 74.7 Å². The average molecular weight is 324 g/mol. The number of nitrogens with zero attached hydrogens (tertiary/aromatic N) is 3. The van der Waals surface area contributed by atoms with Gasteiger partial charge in [0.1, 0.15) is 0 Å². The summed E-state index contributed by atoms with van der Waals surface area (Å²) in [6.07, 6.45) is 6.79. The first-order valence-corrected chi connectivity index (χ1v) is 9.60. The summed E-state index contributed by atoms with van der Waals surface area (Å²) >= 11 is 0. The van der Waals surface area contributed by atoms with E-state index in [1.807, 2.05) is 7.05 Å². The third-order valence-electron chi connectivity index (χ3n) is 5.23. The number of piperidine rings is 2. The summed E-state index contributed by atoms with van der Waals surface area (Å²) in [6, 6.07) is 0.666. The van der Waals surface area contributed by atoms with Crippen molar-refractivity contribution in [3.63, 3.8) is 0 Å². The molecule has 0 aromatic heterocycles. The molecule has 0 aromatic rings. The molecule has 0 spiro atoms. The van der Waals surface area contributed by atoms with Gasteiger partial charge >= 0.3 is 0 Å². The van der Waals surface area contributed by atoms with Crippen LogP contribution in [0.2, 0.25) is 0 Å². The molecule has 2 heterocycles. The molecule has 0 radical (unpaired) electrons. The van der Waals surface area contributed by atoms with Gasteiger partial charge < -0.3 is 20.4 Å². The molecular weight excluding hydrogens is 286 g/mol. The van der Waals surface area contributed by atoms with Crippen LogP contribution in [0.25, 0.3) is 0 Å². The monoisotopic (exact) mass is 323 g/mol. The first-order chi connectivity index (χ1) is 11.2. The van der Waals surface area contributed by atoms with E-state index in [0.29, 0.717) is 6.04 Å². The minimum absolute atomic E-state index is 0.666. The SMILES string of the molecule is CN=C(NCCN1CCCCC1)NCC1CCCN(C(C)C)C1. The fourth-order valence-corrected chi connectivity index (χ4v) is 3.71. The number of aliphatic imine (C=N–C) groups is 1. The van der Waals surface area contributed by atoms with Crippen molar-refractivity contribution in [2.24, 2.45) is 10.9 Å². The summed E-state index contributed by atoms with van der Waals surface area (Å²) in [5, 5.41) is 7.00. The molecule has 2 rings (SSSR count). The third-order valence-corrected chi connectivity index (χ3v) is 5.23. The van der Waals surface area contributed by atoms with Gasteiger partial charge in [0.05, 0.1) is 0 Å². The van der Waals surface area contributed by atoms with Gasteiger partial charge in [-0.1, -0.05) is 6.42 Å². The van der Waals surface area contributed by atoms with E-state index >= 15 is 0 Å². The van der Waals surface area contributed by atoms with Crippen molar-refractivity contribution in [3.05, 3.63) is 0 Å². The van der Waals surface area contributed by atoms with E-state index < -0.39 is 0 Å². The Hall–Kier alpha value is -0.810. The standard InChI is InChI=1S/C18H37N5/c1-16(2)23-12-7-8-17(15-23)14-21-18(19-3)20-9-13-22-10-5-4-6-11-22/h16-17H,4-15H2,1-3H3,(H2,19,20,21). The maximum Gasteiger partial charge on any atom is 0.191 e. The lowest BCUT2D eigenvalue weighted by Gasteiger charge is -2.35. The highest BCUT2D eigenvalue weighted by atomic mass is 15.2. The Bertz CT molecular complexity index is 349. The molecule has 23 heavy (non-hydrogen) atoms. The summed E-state index contributed by atoms with van der Waals surface area (Å²) in [5.74, 6) is 1.70.